The Morgan fingerprint density at radius 2 is 2.29 bits per heavy atom. The van der Waals surface area contributed by atoms with Gasteiger partial charge < -0.3 is 5.32 Å². The minimum Gasteiger partial charge on any atom is -0.309 e. The van der Waals surface area contributed by atoms with E-state index in [1.165, 1.54) is 17.7 Å². The first-order chi connectivity index (χ1) is 8.33. The molecule has 5 heteroatoms. The maximum atomic E-state index is 6.09. The summed E-state index contributed by atoms with van der Waals surface area (Å²) in [6, 6.07) is 4.39. The molecule has 0 unspecified atom stereocenters. The van der Waals surface area contributed by atoms with Crippen molar-refractivity contribution in [3.8, 4) is 10.7 Å². The van der Waals surface area contributed by atoms with Gasteiger partial charge in [-0.15, -0.1) is 11.3 Å². The van der Waals surface area contributed by atoms with Crippen LogP contribution in [0.4, 0.5) is 0 Å². The summed E-state index contributed by atoms with van der Waals surface area (Å²) in [5.41, 5.74) is 0.775. The van der Waals surface area contributed by atoms with Gasteiger partial charge in [-0.1, -0.05) is 11.6 Å². The van der Waals surface area contributed by atoms with Gasteiger partial charge in [-0.25, -0.2) is 4.98 Å². The van der Waals surface area contributed by atoms with Gasteiger partial charge >= 0.3 is 0 Å². The summed E-state index contributed by atoms with van der Waals surface area (Å²) in [4.78, 5) is 9.87. The predicted octanol–water partition coefficient (Wildman–Crippen LogP) is 3.11. The fourth-order valence-electron chi connectivity index (χ4n) is 1.57. The van der Waals surface area contributed by atoms with Crippen LogP contribution in [0.3, 0.4) is 0 Å². The van der Waals surface area contributed by atoms with Gasteiger partial charge in [-0.05, 0) is 25.0 Å². The minimum atomic E-state index is 0.656. The standard InChI is InChI=1S/C12H12ClN3S/c13-10-2-1-5-14-11(10)12-16-7-9(17-12)6-15-8-3-4-8/h1-2,5,7-8,15H,3-4,6H2. The maximum Gasteiger partial charge on any atom is 0.143 e. The summed E-state index contributed by atoms with van der Waals surface area (Å²) in [5.74, 6) is 0. The molecule has 1 N–H and O–H groups in total. The number of hydrogen-bond acceptors (Lipinski definition) is 4. The molecule has 2 aromatic rings. The molecule has 0 bridgehead atoms. The molecule has 2 aromatic heterocycles. The number of halogens is 1. The molecule has 0 aromatic carbocycles. The Hall–Kier alpha value is -0.970. The van der Waals surface area contributed by atoms with Gasteiger partial charge in [0.1, 0.15) is 10.7 Å². The van der Waals surface area contributed by atoms with Crippen LogP contribution in [0, 0.1) is 0 Å². The van der Waals surface area contributed by atoms with E-state index in [1.807, 2.05) is 18.3 Å². The van der Waals surface area contributed by atoms with Crippen LogP contribution in [-0.2, 0) is 6.54 Å². The average molecular weight is 266 g/mol. The molecule has 1 aliphatic rings. The molecule has 17 heavy (non-hydrogen) atoms. The van der Waals surface area contributed by atoms with Crippen molar-refractivity contribution in [1.29, 1.82) is 0 Å². The van der Waals surface area contributed by atoms with Crippen molar-refractivity contribution in [2.45, 2.75) is 25.4 Å². The molecule has 2 heterocycles. The summed E-state index contributed by atoms with van der Waals surface area (Å²) in [5, 5.41) is 5.02. The summed E-state index contributed by atoms with van der Waals surface area (Å²) in [7, 11) is 0. The highest BCUT2D eigenvalue weighted by molar-refractivity contribution is 7.15. The zero-order valence-electron chi connectivity index (χ0n) is 9.19. The maximum absolute atomic E-state index is 6.09. The van der Waals surface area contributed by atoms with E-state index in [0.29, 0.717) is 5.02 Å². The van der Waals surface area contributed by atoms with Gasteiger partial charge in [-0.3, -0.25) is 4.98 Å². The quantitative estimate of drug-likeness (QED) is 0.923. The summed E-state index contributed by atoms with van der Waals surface area (Å²) in [6.45, 7) is 0.896. The van der Waals surface area contributed by atoms with Crippen molar-refractivity contribution in [2.24, 2.45) is 0 Å². The van der Waals surface area contributed by atoms with Gasteiger partial charge in [-0.2, -0.15) is 0 Å². The molecular formula is C12H12ClN3S. The van der Waals surface area contributed by atoms with Crippen molar-refractivity contribution in [1.82, 2.24) is 15.3 Å². The molecule has 88 valence electrons. The van der Waals surface area contributed by atoms with Crippen molar-refractivity contribution in [2.75, 3.05) is 0 Å². The average Bonchev–Trinajstić information content (AvgIpc) is 3.06. The van der Waals surface area contributed by atoms with E-state index >= 15 is 0 Å². The second kappa shape index (κ2) is 4.72. The monoisotopic (exact) mass is 265 g/mol. The lowest BCUT2D eigenvalue weighted by molar-refractivity contribution is 0.694. The second-order valence-electron chi connectivity index (χ2n) is 4.12. The Kier molecular flexibility index (Phi) is 3.09. The van der Waals surface area contributed by atoms with Crippen LogP contribution in [0.2, 0.25) is 5.02 Å². The minimum absolute atomic E-state index is 0.656. The Bertz CT molecular complexity index is 522. The number of pyridine rings is 1. The van der Waals surface area contributed by atoms with Gasteiger partial charge in [0.25, 0.3) is 0 Å². The summed E-state index contributed by atoms with van der Waals surface area (Å²) < 4.78 is 0. The molecule has 0 radical (unpaired) electrons. The first kappa shape index (κ1) is 11.1. The van der Waals surface area contributed by atoms with Crippen LogP contribution in [0.5, 0.6) is 0 Å². The van der Waals surface area contributed by atoms with E-state index in [0.717, 1.165) is 23.3 Å². The van der Waals surface area contributed by atoms with Crippen LogP contribution >= 0.6 is 22.9 Å². The molecule has 1 saturated carbocycles. The summed E-state index contributed by atoms with van der Waals surface area (Å²) in [6.07, 6.45) is 6.25. The fraction of sp³-hybridized carbons (Fsp3) is 0.333. The summed E-state index contributed by atoms with van der Waals surface area (Å²) >= 11 is 7.74. The van der Waals surface area contributed by atoms with Crippen molar-refractivity contribution in [3.63, 3.8) is 0 Å². The van der Waals surface area contributed by atoms with Crippen LogP contribution in [0.15, 0.2) is 24.5 Å². The van der Waals surface area contributed by atoms with E-state index in [1.54, 1.807) is 17.5 Å². The highest BCUT2D eigenvalue weighted by atomic mass is 35.5. The van der Waals surface area contributed by atoms with Crippen LogP contribution < -0.4 is 5.32 Å². The molecule has 3 rings (SSSR count). The third-order valence-corrected chi connectivity index (χ3v) is 3.97. The number of rotatable bonds is 4. The topological polar surface area (TPSA) is 37.8 Å². The molecule has 3 nitrogen and oxygen atoms in total. The highest BCUT2D eigenvalue weighted by Crippen LogP contribution is 2.29. The molecule has 0 atom stereocenters. The van der Waals surface area contributed by atoms with E-state index in [9.17, 15) is 0 Å². The predicted molar refractivity (Wildman–Crippen MR) is 70.2 cm³/mol. The molecule has 1 fully saturated rings. The lowest BCUT2D eigenvalue weighted by atomic mass is 10.4. The largest absolute Gasteiger partial charge is 0.309 e. The van der Waals surface area contributed by atoms with E-state index in [4.69, 9.17) is 11.6 Å². The van der Waals surface area contributed by atoms with Crippen LogP contribution in [0.1, 0.15) is 17.7 Å². The van der Waals surface area contributed by atoms with Crippen molar-refractivity contribution >= 4 is 22.9 Å². The second-order valence-corrected chi connectivity index (χ2v) is 5.64. The van der Waals surface area contributed by atoms with Crippen LogP contribution in [0.25, 0.3) is 10.7 Å². The normalized spacial score (nSPS) is 15.1. The number of aromatic nitrogens is 2. The fourth-order valence-corrected chi connectivity index (χ4v) is 2.72. The number of thiazole rings is 1. The lowest BCUT2D eigenvalue weighted by Crippen LogP contribution is -2.14. The zero-order chi connectivity index (χ0) is 11.7. The van der Waals surface area contributed by atoms with E-state index < -0.39 is 0 Å². The molecule has 0 spiro atoms. The first-order valence-electron chi connectivity index (χ1n) is 5.62. The Balaban J connectivity index is 1.77. The van der Waals surface area contributed by atoms with Gasteiger partial charge in [0.05, 0.1) is 5.02 Å². The first-order valence-corrected chi connectivity index (χ1v) is 6.81. The molecular weight excluding hydrogens is 254 g/mol. The Morgan fingerprint density at radius 1 is 1.41 bits per heavy atom. The van der Waals surface area contributed by atoms with E-state index in [2.05, 4.69) is 15.3 Å². The molecule has 0 amide bonds. The van der Waals surface area contributed by atoms with Gasteiger partial charge in [0.2, 0.25) is 0 Å². The Morgan fingerprint density at radius 3 is 3.06 bits per heavy atom. The molecule has 0 aliphatic heterocycles. The van der Waals surface area contributed by atoms with Crippen molar-refractivity contribution < 1.29 is 0 Å². The number of hydrogen-bond donors (Lipinski definition) is 1. The van der Waals surface area contributed by atoms with E-state index in [-0.39, 0.29) is 0 Å². The number of nitrogens with zero attached hydrogens (tertiary/aromatic N) is 2. The van der Waals surface area contributed by atoms with Crippen molar-refractivity contribution in [3.05, 3.63) is 34.4 Å². The van der Waals surface area contributed by atoms with Gasteiger partial charge in [0.15, 0.2) is 0 Å². The Labute approximate surface area is 109 Å². The van der Waals surface area contributed by atoms with Gasteiger partial charge in [0, 0.05) is 29.9 Å². The van der Waals surface area contributed by atoms with Crippen LogP contribution in [-0.4, -0.2) is 16.0 Å². The molecule has 1 aliphatic carbocycles. The molecule has 0 saturated heterocycles. The highest BCUT2D eigenvalue weighted by Gasteiger charge is 2.20. The third kappa shape index (κ3) is 2.65. The SMILES string of the molecule is Clc1cccnc1-c1ncc(CNC2CC2)s1. The smallest absolute Gasteiger partial charge is 0.143 e. The third-order valence-electron chi connectivity index (χ3n) is 2.66. The lowest BCUT2D eigenvalue weighted by Gasteiger charge is -1.98. The number of nitrogens with one attached hydrogen (secondary N) is 1. The zero-order valence-corrected chi connectivity index (χ0v) is 10.8.